The lowest BCUT2D eigenvalue weighted by atomic mass is 10.0. The van der Waals surface area contributed by atoms with E-state index < -0.39 is 0 Å². The Morgan fingerprint density at radius 1 is 1.07 bits per heavy atom. The van der Waals surface area contributed by atoms with Crippen molar-refractivity contribution in [3.63, 3.8) is 0 Å². The fourth-order valence-electron chi connectivity index (χ4n) is 3.58. The summed E-state index contributed by atoms with van der Waals surface area (Å²) in [5, 5.41) is 2.95. The average molecular weight is 387 g/mol. The third-order valence-electron chi connectivity index (χ3n) is 5.17. The lowest BCUT2D eigenvalue weighted by Gasteiger charge is -2.32. The Morgan fingerprint density at radius 2 is 1.68 bits per heavy atom. The van der Waals surface area contributed by atoms with Crippen LogP contribution in [0.3, 0.4) is 0 Å². The Labute approximate surface area is 163 Å². The predicted octanol–water partition coefficient (Wildman–Crippen LogP) is 0.816. The molecule has 2 aliphatic rings. The van der Waals surface area contributed by atoms with Gasteiger partial charge in [0.1, 0.15) is 0 Å². The zero-order chi connectivity index (χ0) is 20.1. The molecule has 0 bridgehead atoms. The van der Waals surface area contributed by atoms with Gasteiger partial charge in [-0.3, -0.25) is 24.1 Å². The summed E-state index contributed by atoms with van der Waals surface area (Å²) in [6.07, 6.45) is 1.82. The third-order valence-corrected chi connectivity index (χ3v) is 5.17. The number of carbonyl (C=O) groups excluding carboxylic acids is 4. The number of hydrogen-bond donors (Lipinski definition) is 1. The van der Waals surface area contributed by atoms with Crippen molar-refractivity contribution in [2.45, 2.75) is 31.7 Å². The van der Waals surface area contributed by atoms with Crippen molar-refractivity contribution >= 4 is 23.6 Å². The highest BCUT2D eigenvalue weighted by Gasteiger charge is 2.35. The quantitative estimate of drug-likeness (QED) is 0.699. The maximum Gasteiger partial charge on any atom is 0.261 e. The highest BCUT2D eigenvalue weighted by Crippen LogP contribution is 2.22. The molecule has 4 amide bonds. The molecule has 0 unspecified atom stereocenters. The van der Waals surface area contributed by atoms with Crippen molar-refractivity contribution < 1.29 is 23.9 Å². The summed E-state index contributed by atoms with van der Waals surface area (Å²) < 4.78 is 4.93. The van der Waals surface area contributed by atoms with E-state index in [0.29, 0.717) is 50.1 Å². The van der Waals surface area contributed by atoms with Crippen LogP contribution in [-0.2, 0) is 14.3 Å². The lowest BCUT2D eigenvalue weighted by Crippen LogP contribution is -2.47. The molecule has 0 atom stereocenters. The van der Waals surface area contributed by atoms with Crippen LogP contribution < -0.4 is 5.32 Å². The first kappa shape index (κ1) is 20.0. The van der Waals surface area contributed by atoms with Gasteiger partial charge in [-0.15, -0.1) is 0 Å². The maximum atomic E-state index is 12.3. The molecule has 2 aliphatic heterocycles. The number of amides is 4. The monoisotopic (exact) mass is 387 g/mol. The van der Waals surface area contributed by atoms with E-state index in [0.717, 1.165) is 4.90 Å². The fourth-order valence-corrected chi connectivity index (χ4v) is 3.58. The Hall–Kier alpha value is -2.74. The minimum Gasteiger partial charge on any atom is -0.384 e. The van der Waals surface area contributed by atoms with Gasteiger partial charge in [0.25, 0.3) is 11.8 Å². The second kappa shape index (κ2) is 8.97. The van der Waals surface area contributed by atoms with Gasteiger partial charge in [0.15, 0.2) is 0 Å². The summed E-state index contributed by atoms with van der Waals surface area (Å²) >= 11 is 0. The van der Waals surface area contributed by atoms with Crippen LogP contribution in [0.1, 0.15) is 46.4 Å². The highest BCUT2D eigenvalue weighted by molar-refractivity contribution is 6.21. The van der Waals surface area contributed by atoms with Crippen molar-refractivity contribution in [2.75, 3.05) is 33.4 Å². The first-order chi connectivity index (χ1) is 13.5. The smallest absolute Gasteiger partial charge is 0.261 e. The Kier molecular flexibility index (Phi) is 6.41. The number of piperidine rings is 1. The molecule has 0 radical (unpaired) electrons. The molecule has 1 saturated heterocycles. The first-order valence-corrected chi connectivity index (χ1v) is 9.52. The van der Waals surface area contributed by atoms with E-state index in [4.69, 9.17) is 4.74 Å². The van der Waals surface area contributed by atoms with Crippen molar-refractivity contribution in [3.05, 3.63) is 35.4 Å². The van der Waals surface area contributed by atoms with Crippen molar-refractivity contribution in [1.82, 2.24) is 15.1 Å². The molecule has 0 saturated carbocycles. The molecule has 3 rings (SSSR count). The Balaban J connectivity index is 1.42. The number of ether oxygens (including phenoxy) is 1. The molecule has 150 valence electrons. The van der Waals surface area contributed by atoms with E-state index in [-0.39, 0.29) is 42.6 Å². The second-order valence-corrected chi connectivity index (χ2v) is 7.02. The van der Waals surface area contributed by atoms with Gasteiger partial charge in [0.05, 0.1) is 24.2 Å². The minimum absolute atomic E-state index is 0.00107. The van der Waals surface area contributed by atoms with E-state index in [1.54, 1.807) is 36.3 Å². The van der Waals surface area contributed by atoms with Gasteiger partial charge in [-0.05, 0) is 25.0 Å². The normalized spacial score (nSPS) is 17.0. The van der Waals surface area contributed by atoms with Crippen LogP contribution in [-0.4, -0.2) is 72.8 Å². The van der Waals surface area contributed by atoms with E-state index in [1.165, 1.54) is 0 Å². The van der Waals surface area contributed by atoms with Crippen LogP contribution in [0.5, 0.6) is 0 Å². The molecule has 1 N–H and O–H groups in total. The Bertz CT molecular complexity index is 736. The predicted molar refractivity (Wildman–Crippen MR) is 101 cm³/mol. The first-order valence-electron chi connectivity index (χ1n) is 9.52. The van der Waals surface area contributed by atoms with Crippen LogP contribution in [0.15, 0.2) is 24.3 Å². The van der Waals surface area contributed by atoms with E-state index in [1.807, 2.05) is 0 Å². The number of methoxy groups -OCH3 is 1. The molecule has 0 spiro atoms. The van der Waals surface area contributed by atoms with Crippen molar-refractivity contribution in [3.8, 4) is 0 Å². The zero-order valence-electron chi connectivity index (χ0n) is 16.0. The number of imide groups is 1. The maximum absolute atomic E-state index is 12.3. The number of carbonyl (C=O) groups is 4. The molecular formula is C20H25N3O5. The average Bonchev–Trinajstić information content (AvgIpc) is 2.95. The third kappa shape index (κ3) is 4.39. The molecule has 8 nitrogen and oxygen atoms in total. The van der Waals surface area contributed by atoms with Crippen molar-refractivity contribution in [1.29, 1.82) is 0 Å². The summed E-state index contributed by atoms with van der Waals surface area (Å²) in [7, 11) is 1.57. The summed E-state index contributed by atoms with van der Waals surface area (Å²) in [5.41, 5.74) is 0.775. The number of nitrogens with zero attached hydrogens (tertiary/aromatic N) is 2. The zero-order valence-corrected chi connectivity index (χ0v) is 16.0. The number of rotatable bonds is 7. The molecule has 0 aromatic heterocycles. The number of hydrogen-bond acceptors (Lipinski definition) is 5. The topological polar surface area (TPSA) is 96.0 Å². The van der Waals surface area contributed by atoms with Gasteiger partial charge in [0, 0.05) is 39.2 Å². The highest BCUT2D eigenvalue weighted by atomic mass is 16.5. The summed E-state index contributed by atoms with van der Waals surface area (Å²) in [5.74, 6) is -0.828. The molecule has 1 aromatic carbocycles. The fraction of sp³-hybridized carbons (Fsp3) is 0.500. The van der Waals surface area contributed by atoms with Gasteiger partial charge in [-0.25, -0.2) is 0 Å². The van der Waals surface area contributed by atoms with E-state index in [2.05, 4.69) is 5.32 Å². The van der Waals surface area contributed by atoms with Crippen LogP contribution in [0.2, 0.25) is 0 Å². The van der Waals surface area contributed by atoms with Crippen LogP contribution in [0.4, 0.5) is 0 Å². The largest absolute Gasteiger partial charge is 0.384 e. The van der Waals surface area contributed by atoms with Crippen LogP contribution in [0.25, 0.3) is 0 Å². The standard InChI is InChI=1S/C20H25N3O5/c1-28-13-9-18(25)22-10-6-14(7-11-22)21-17(24)8-12-23-19(26)15-4-2-3-5-16(15)20(23)27/h2-5,14H,6-13H2,1H3,(H,21,24). The molecule has 1 fully saturated rings. The molecular weight excluding hydrogens is 362 g/mol. The number of likely N-dealkylation sites (tertiary alicyclic amines) is 1. The van der Waals surface area contributed by atoms with Crippen LogP contribution >= 0.6 is 0 Å². The van der Waals surface area contributed by atoms with Gasteiger partial charge in [-0.2, -0.15) is 0 Å². The molecule has 1 aromatic rings. The summed E-state index contributed by atoms with van der Waals surface area (Å²) in [6.45, 7) is 1.68. The summed E-state index contributed by atoms with van der Waals surface area (Å²) in [6, 6.07) is 6.68. The number of nitrogens with one attached hydrogen (secondary N) is 1. The lowest BCUT2D eigenvalue weighted by molar-refractivity contribution is -0.133. The Morgan fingerprint density at radius 3 is 2.25 bits per heavy atom. The number of benzene rings is 1. The second-order valence-electron chi connectivity index (χ2n) is 7.02. The van der Waals surface area contributed by atoms with Crippen LogP contribution in [0, 0.1) is 0 Å². The van der Waals surface area contributed by atoms with Gasteiger partial charge in [0.2, 0.25) is 11.8 Å². The van der Waals surface area contributed by atoms with Gasteiger partial charge < -0.3 is 15.0 Å². The molecule has 2 heterocycles. The van der Waals surface area contributed by atoms with Gasteiger partial charge in [-0.1, -0.05) is 12.1 Å². The molecule has 0 aliphatic carbocycles. The molecule has 28 heavy (non-hydrogen) atoms. The van der Waals surface area contributed by atoms with E-state index >= 15 is 0 Å². The van der Waals surface area contributed by atoms with Crippen molar-refractivity contribution in [2.24, 2.45) is 0 Å². The minimum atomic E-state index is -0.351. The van der Waals surface area contributed by atoms with E-state index in [9.17, 15) is 19.2 Å². The van der Waals surface area contributed by atoms with Gasteiger partial charge >= 0.3 is 0 Å². The molecule has 8 heteroatoms. The summed E-state index contributed by atoms with van der Waals surface area (Å²) in [4.78, 5) is 51.8. The SMILES string of the molecule is COCCC(=O)N1CCC(NC(=O)CCN2C(=O)c3ccccc3C2=O)CC1. The number of fused-ring (bicyclic) bond motifs is 1.